The van der Waals surface area contributed by atoms with E-state index in [0.29, 0.717) is 28.5 Å². The third kappa shape index (κ3) is 4.47. The number of hydrogen-bond donors (Lipinski definition) is 1. The molecule has 0 saturated carbocycles. The number of benzene rings is 1. The molecule has 4 rings (SSSR count). The lowest BCUT2D eigenvalue weighted by molar-refractivity contribution is -0.0494. The second-order valence-corrected chi connectivity index (χ2v) is 8.26. The van der Waals surface area contributed by atoms with Gasteiger partial charge in [0.15, 0.2) is 5.82 Å². The van der Waals surface area contributed by atoms with Crippen molar-refractivity contribution in [1.82, 2.24) is 25.1 Å². The fourth-order valence-corrected chi connectivity index (χ4v) is 3.68. The highest BCUT2D eigenvalue weighted by atomic mass is 19.3. The molecule has 2 aromatic heterocycles. The van der Waals surface area contributed by atoms with Gasteiger partial charge in [0.1, 0.15) is 5.82 Å². The molecule has 1 saturated heterocycles. The van der Waals surface area contributed by atoms with Gasteiger partial charge in [-0.3, -0.25) is 14.9 Å². The molecular formula is C23H25F2N5O. The number of piperidine rings is 1. The van der Waals surface area contributed by atoms with Crippen LogP contribution in [0.1, 0.15) is 54.5 Å². The zero-order valence-corrected chi connectivity index (χ0v) is 17.8. The molecule has 1 amide bonds. The van der Waals surface area contributed by atoms with E-state index in [0.717, 1.165) is 11.3 Å². The summed E-state index contributed by atoms with van der Waals surface area (Å²) >= 11 is 0. The van der Waals surface area contributed by atoms with Crippen molar-refractivity contribution in [1.29, 1.82) is 0 Å². The number of H-pyrrole nitrogens is 1. The number of likely N-dealkylation sites (tertiary alicyclic amines) is 1. The molecule has 1 aliphatic rings. The van der Waals surface area contributed by atoms with Gasteiger partial charge in [-0.05, 0) is 37.1 Å². The van der Waals surface area contributed by atoms with Crippen molar-refractivity contribution in [3.63, 3.8) is 0 Å². The highest BCUT2D eigenvalue weighted by molar-refractivity contribution is 6.01. The second kappa shape index (κ2) is 8.17. The molecule has 0 atom stereocenters. The van der Waals surface area contributed by atoms with Crippen LogP contribution in [0.2, 0.25) is 0 Å². The van der Waals surface area contributed by atoms with Crippen LogP contribution in [0.3, 0.4) is 0 Å². The van der Waals surface area contributed by atoms with Gasteiger partial charge in [0.05, 0.1) is 5.69 Å². The number of alkyl halides is 2. The number of halogens is 2. The van der Waals surface area contributed by atoms with Crippen molar-refractivity contribution < 1.29 is 13.6 Å². The van der Waals surface area contributed by atoms with Crippen LogP contribution in [0.15, 0.2) is 36.4 Å². The predicted octanol–water partition coefficient (Wildman–Crippen LogP) is 4.84. The average Bonchev–Trinajstić information content (AvgIpc) is 3.19. The van der Waals surface area contributed by atoms with Gasteiger partial charge in [-0.25, -0.2) is 13.8 Å². The number of nitrogens with zero attached hydrogens (tertiary/aromatic N) is 4. The maximum Gasteiger partial charge on any atom is 0.254 e. The van der Waals surface area contributed by atoms with Crippen LogP contribution >= 0.6 is 0 Å². The van der Waals surface area contributed by atoms with Crippen molar-refractivity contribution in [2.24, 2.45) is 0 Å². The van der Waals surface area contributed by atoms with Gasteiger partial charge in [-0.2, -0.15) is 5.10 Å². The molecule has 1 fully saturated rings. The van der Waals surface area contributed by atoms with Crippen LogP contribution in [0.4, 0.5) is 8.78 Å². The highest BCUT2D eigenvalue weighted by Crippen LogP contribution is 2.32. The van der Waals surface area contributed by atoms with Gasteiger partial charge >= 0.3 is 0 Å². The monoisotopic (exact) mass is 425 g/mol. The predicted molar refractivity (Wildman–Crippen MR) is 114 cm³/mol. The van der Waals surface area contributed by atoms with Crippen molar-refractivity contribution in [2.75, 3.05) is 13.1 Å². The van der Waals surface area contributed by atoms with E-state index in [1.54, 1.807) is 12.1 Å². The third-order valence-corrected chi connectivity index (χ3v) is 5.53. The molecule has 0 bridgehead atoms. The molecule has 3 heterocycles. The maximum absolute atomic E-state index is 13.6. The molecular weight excluding hydrogens is 400 g/mol. The van der Waals surface area contributed by atoms with Crippen LogP contribution in [0.25, 0.3) is 22.6 Å². The Hall–Kier alpha value is -3.16. The van der Waals surface area contributed by atoms with Crippen molar-refractivity contribution in [2.45, 2.75) is 45.5 Å². The van der Waals surface area contributed by atoms with Crippen molar-refractivity contribution in [3.8, 4) is 22.6 Å². The van der Waals surface area contributed by atoms with E-state index in [-0.39, 0.29) is 37.8 Å². The first kappa shape index (κ1) is 21.1. The summed E-state index contributed by atoms with van der Waals surface area (Å²) in [5, 5.41) is 7.04. The Kier molecular flexibility index (Phi) is 5.56. The number of carbonyl (C=O) groups excluding carboxylic acids is 1. The van der Waals surface area contributed by atoms with Gasteiger partial charge in [0.2, 0.25) is 0 Å². The standard InChI is InChI=1S/C23H25F2N5O/c1-14(2)19-5-4-6-20(27-19)18-13-16(21-26-15(3)28-29-21)7-8-17(18)22(31)30-11-9-23(24,25)10-12-30/h4-8,13-14H,9-12H2,1-3H3,(H,26,28,29). The van der Waals surface area contributed by atoms with Crippen LogP contribution in [-0.4, -0.2) is 50.0 Å². The van der Waals surface area contributed by atoms with Gasteiger partial charge < -0.3 is 4.90 Å². The molecule has 162 valence electrons. The third-order valence-electron chi connectivity index (χ3n) is 5.53. The van der Waals surface area contributed by atoms with Gasteiger partial charge in [0, 0.05) is 48.3 Å². The van der Waals surface area contributed by atoms with E-state index in [4.69, 9.17) is 4.98 Å². The molecule has 0 spiro atoms. The fourth-order valence-electron chi connectivity index (χ4n) is 3.68. The lowest BCUT2D eigenvalue weighted by Gasteiger charge is -2.32. The molecule has 1 aliphatic heterocycles. The topological polar surface area (TPSA) is 74.8 Å². The van der Waals surface area contributed by atoms with Crippen molar-refractivity contribution >= 4 is 5.91 Å². The molecule has 31 heavy (non-hydrogen) atoms. The van der Waals surface area contributed by atoms with Crippen LogP contribution in [-0.2, 0) is 0 Å². The summed E-state index contributed by atoms with van der Waals surface area (Å²) in [6.45, 7) is 5.99. The number of amides is 1. The quantitative estimate of drug-likeness (QED) is 0.649. The first-order chi connectivity index (χ1) is 14.7. The Labute approximate surface area is 179 Å². The molecule has 0 unspecified atom stereocenters. The summed E-state index contributed by atoms with van der Waals surface area (Å²) in [4.78, 5) is 23.9. The zero-order valence-electron chi connectivity index (χ0n) is 17.8. The van der Waals surface area contributed by atoms with Crippen LogP contribution in [0.5, 0.6) is 0 Å². The lowest BCUT2D eigenvalue weighted by atomic mass is 9.97. The molecule has 1 aromatic carbocycles. The smallest absolute Gasteiger partial charge is 0.254 e. The maximum atomic E-state index is 13.6. The van der Waals surface area contributed by atoms with Gasteiger partial charge in [-0.1, -0.05) is 26.0 Å². The second-order valence-electron chi connectivity index (χ2n) is 8.26. The summed E-state index contributed by atoms with van der Waals surface area (Å²) < 4.78 is 27.2. The molecule has 0 radical (unpaired) electrons. The number of pyridine rings is 1. The number of nitrogens with one attached hydrogen (secondary N) is 1. The summed E-state index contributed by atoms with van der Waals surface area (Å²) in [5.74, 6) is -1.54. The number of hydrogen-bond acceptors (Lipinski definition) is 4. The Morgan fingerprint density at radius 2 is 1.87 bits per heavy atom. The first-order valence-corrected chi connectivity index (χ1v) is 10.4. The number of rotatable bonds is 4. The molecule has 8 heteroatoms. The molecule has 1 N–H and O–H groups in total. The largest absolute Gasteiger partial charge is 0.338 e. The fraction of sp³-hybridized carbons (Fsp3) is 0.391. The van der Waals surface area contributed by atoms with Gasteiger partial charge in [-0.15, -0.1) is 0 Å². The molecule has 0 aliphatic carbocycles. The minimum atomic E-state index is -2.71. The summed E-state index contributed by atoms with van der Waals surface area (Å²) in [7, 11) is 0. The van der Waals surface area contributed by atoms with Crippen LogP contribution < -0.4 is 0 Å². The van der Waals surface area contributed by atoms with E-state index in [1.807, 2.05) is 31.2 Å². The minimum Gasteiger partial charge on any atom is -0.338 e. The Morgan fingerprint density at radius 1 is 1.13 bits per heavy atom. The summed E-state index contributed by atoms with van der Waals surface area (Å²) in [6.07, 6.45) is -0.632. The SMILES string of the molecule is Cc1nc(-c2ccc(C(=O)N3CCC(F)(F)CC3)c(-c3cccc(C(C)C)n3)c2)n[nH]1. The lowest BCUT2D eigenvalue weighted by Crippen LogP contribution is -2.42. The summed E-state index contributed by atoms with van der Waals surface area (Å²) in [6, 6.07) is 11.1. The highest BCUT2D eigenvalue weighted by Gasteiger charge is 2.36. The number of aryl methyl sites for hydroxylation is 1. The molecule has 3 aromatic rings. The summed E-state index contributed by atoms with van der Waals surface area (Å²) in [5.41, 5.74) is 3.40. The van der Waals surface area contributed by atoms with Gasteiger partial charge in [0.25, 0.3) is 11.8 Å². The Balaban J connectivity index is 1.77. The normalized spacial score (nSPS) is 16.0. The van der Waals surface area contributed by atoms with E-state index < -0.39 is 5.92 Å². The Morgan fingerprint density at radius 3 is 2.52 bits per heavy atom. The van der Waals surface area contributed by atoms with E-state index in [2.05, 4.69) is 29.0 Å². The Bertz CT molecular complexity index is 1100. The van der Waals surface area contributed by atoms with E-state index in [1.165, 1.54) is 4.90 Å². The first-order valence-electron chi connectivity index (χ1n) is 10.4. The minimum absolute atomic E-state index is 0.0343. The van der Waals surface area contributed by atoms with Crippen LogP contribution in [0, 0.1) is 6.92 Å². The number of carbonyl (C=O) groups is 1. The zero-order chi connectivity index (χ0) is 22.2. The average molecular weight is 425 g/mol. The van der Waals surface area contributed by atoms with Crippen molar-refractivity contribution in [3.05, 3.63) is 53.5 Å². The number of aromatic nitrogens is 4. The number of aromatic amines is 1. The van der Waals surface area contributed by atoms with E-state index in [9.17, 15) is 13.6 Å². The van der Waals surface area contributed by atoms with E-state index >= 15 is 0 Å². The molecule has 6 nitrogen and oxygen atoms in total.